The van der Waals surface area contributed by atoms with Crippen molar-refractivity contribution in [3.05, 3.63) is 47.3 Å². The van der Waals surface area contributed by atoms with E-state index in [9.17, 15) is 9.35 Å². The molecule has 1 amide bonds. The van der Waals surface area contributed by atoms with Gasteiger partial charge < -0.3 is 19.7 Å². The second-order valence-corrected chi connectivity index (χ2v) is 12.5. The second kappa shape index (κ2) is 11.3. The predicted molar refractivity (Wildman–Crippen MR) is 146 cm³/mol. The van der Waals surface area contributed by atoms with Gasteiger partial charge in [-0.3, -0.25) is 4.79 Å². The molecule has 0 saturated carbocycles. The first-order valence-corrected chi connectivity index (χ1v) is 15.4. The first kappa shape index (κ1) is 23.9. The summed E-state index contributed by atoms with van der Waals surface area (Å²) in [5.74, 6) is 3.66. The zero-order valence-electron chi connectivity index (χ0n) is 19.2. The van der Waals surface area contributed by atoms with Crippen molar-refractivity contribution in [2.75, 3.05) is 67.6 Å². The van der Waals surface area contributed by atoms with Crippen molar-refractivity contribution in [1.82, 2.24) is 14.8 Å². The normalized spacial score (nSPS) is 17.9. The van der Waals surface area contributed by atoms with Gasteiger partial charge in [0.05, 0.1) is 34.7 Å². The van der Waals surface area contributed by atoms with Crippen molar-refractivity contribution in [1.29, 1.82) is 0 Å². The molecule has 0 radical (unpaired) electrons. The molecule has 2 saturated heterocycles. The summed E-state index contributed by atoms with van der Waals surface area (Å²) in [5.41, 5.74) is 4.71. The summed E-state index contributed by atoms with van der Waals surface area (Å²) >= 11 is 2.98. The number of hydrogen-bond donors (Lipinski definition) is 1. The van der Waals surface area contributed by atoms with Gasteiger partial charge in [0.1, 0.15) is 11.5 Å². The maximum Gasteiger partial charge on any atom is 0.254 e. The van der Waals surface area contributed by atoms with E-state index in [-0.39, 0.29) is 5.91 Å². The lowest BCUT2D eigenvalue weighted by Gasteiger charge is -2.28. The molecule has 1 N–H and O–H groups in total. The Hall–Kier alpha value is -1.78. The summed E-state index contributed by atoms with van der Waals surface area (Å²) in [6.45, 7) is 5.62. The molecule has 3 aromatic rings. The Labute approximate surface area is 212 Å². The highest BCUT2D eigenvalue weighted by atomic mass is 32.2. The lowest BCUT2D eigenvalue weighted by Crippen LogP contribution is -2.43. The molecule has 2 aliphatic rings. The molecule has 1 aromatic carbocycles. The predicted octanol–water partition coefficient (Wildman–Crippen LogP) is 4.02. The molecule has 6 nitrogen and oxygen atoms in total. The number of hydrogen-bond acceptors (Lipinski definition) is 7. The van der Waals surface area contributed by atoms with Gasteiger partial charge in [-0.1, -0.05) is 23.3 Å². The van der Waals surface area contributed by atoms with Crippen molar-refractivity contribution < 1.29 is 9.35 Å². The van der Waals surface area contributed by atoms with E-state index in [1.54, 1.807) is 16.2 Å². The van der Waals surface area contributed by atoms with Crippen molar-refractivity contribution >= 4 is 56.1 Å². The van der Waals surface area contributed by atoms with Crippen LogP contribution in [0.15, 0.2) is 41.8 Å². The lowest BCUT2D eigenvalue weighted by atomic mass is 10.1. The molecule has 2 fully saturated rings. The summed E-state index contributed by atoms with van der Waals surface area (Å²) in [7, 11) is 0. The van der Waals surface area contributed by atoms with E-state index >= 15 is 0 Å². The maximum atomic E-state index is 12.8. The number of pyridine rings is 1. The monoisotopic (exact) mass is 514 g/mol. The van der Waals surface area contributed by atoms with E-state index in [1.165, 1.54) is 29.3 Å². The van der Waals surface area contributed by atoms with Crippen LogP contribution >= 0.6 is 23.1 Å². The number of amides is 1. The Morgan fingerprint density at radius 1 is 1.09 bits per heavy atom. The summed E-state index contributed by atoms with van der Waals surface area (Å²) in [5, 5.41) is 5.74. The standard InChI is InChI=1S/C25H30N4O2S3/c30-25(29-11-16-34(31)17-12-29)20-4-2-19(3-5-20)22-18-23(24-21(27-22)6-13-33-24)26-7-1-8-28-9-14-32-15-10-28/h2-6,13,18H,1,7-12,14-17H2,(H,26,27). The molecule has 2 aliphatic heterocycles. The lowest BCUT2D eigenvalue weighted by molar-refractivity contribution is 0.0770. The number of nitrogens with one attached hydrogen (secondary N) is 1. The van der Waals surface area contributed by atoms with Gasteiger partial charge in [-0.15, -0.1) is 11.3 Å². The molecule has 0 spiro atoms. The van der Waals surface area contributed by atoms with Crippen LogP contribution in [0.3, 0.4) is 0 Å². The van der Waals surface area contributed by atoms with Crippen molar-refractivity contribution in [3.63, 3.8) is 0 Å². The Bertz CT molecular complexity index is 1110. The SMILES string of the molecule is O=C(c1ccc(-c2cc(NCCCN3CCSCC3)c3sccc3n2)cc1)N1CC[S+]([O-])CC1. The highest BCUT2D eigenvalue weighted by Crippen LogP contribution is 2.32. The zero-order valence-corrected chi connectivity index (χ0v) is 21.7. The number of anilines is 1. The van der Waals surface area contributed by atoms with E-state index in [4.69, 9.17) is 4.98 Å². The van der Waals surface area contributed by atoms with Crippen LogP contribution in [0.1, 0.15) is 16.8 Å². The summed E-state index contributed by atoms with van der Waals surface area (Å²) in [6.07, 6.45) is 1.12. The number of fused-ring (bicyclic) bond motifs is 1. The Balaban J connectivity index is 1.26. The Morgan fingerprint density at radius 3 is 2.62 bits per heavy atom. The first-order chi connectivity index (χ1) is 16.7. The van der Waals surface area contributed by atoms with Gasteiger partial charge in [-0.05, 0) is 42.6 Å². The van der Waals surface area contributed by atoms with Crippen molar-refractivity contribution in [3.8, 4) is 11.3 Å². The number of carbonyl (C=O) groups excluding carboxylic acids is 1. The number of benzene rings is 1. The van der Waals surface area contributed by atoms with Gasteiger partial charge in [-0.2, -0.15) is 11.8 Å². The van der Waals surface area contributed by atoms with Crippen LogP contribution in [0.5, 0.6) is 0 Å². The number of rotatable bonds is 7. The van der Waals surface area contributed by atoms with E-state index in [0.717, 1.165) is 42.0 Å². The molecule has 0 aliphatic carbocycles. The number of carbonyl (C=O) groups is 1. The van der Waals surface area contributed by atoms with Gasteiger partial charge in [0.25, 0.3) is 5.91 Å². The van der Waals surface area contributed by atoms with Crippen LogP contribution in [0, 0.1) is 0 Å². The quantitative estimate of drug-likeness (QED) is 0.379. The number of thioether (sulfide) groups is 1. The van der Waals surface area contributed by atoms with Crippen LogP contribution in [-0.4, -0.2) is 87.5 Å². The highest BCUT2D eigenvalue weighted by molar-refractivity contribution is 7.99. The number of nitrogens with zero attached hydrogens (tertiary/aromatic N) is 3. The fourth-order valence-electron chi connectivity index (χ4n) is 4.39. The van der Waals surface area contributed by atoms with Gasteiger partial charge in [0, 0.05) is 42.3 Å². The van der Waals surface area contributed by atoms with Crippen LogP contribution in [-0.2, 0) is 11.2 Å². The molecule has 9 heteroatoms. The molecule has 0 unspecified atom stereocenters. The Kier molecular flexibility index (Phi) is 7.96. The molecule has 4 heterocycles. The zero-order chi connectivity index (χ0) is 23.3. The summed E-state index contributed by atoms with van der Waals surface area (Å²) in [4.78, 5) is 22.0. The van der Waals surface area contributed by atoms with Gasteiger partial charge in [0.2, 0.25) is 0 Å². The van der Waals surface area contributed by atoms with Crippen LogP contribution in [0.25, 0.3) is 21.5 Å². The van der Waals surface area contributed by atoms with Crippen LogP contribution < -0.4 is 5.32 Å². The molecule has 2 aromatic heterocycles. The van der Waals surface area contributed by atoms with Gasteiger partial charge in [-0.25, -0.2) is 4.98 Å². The molecule has 0 atom stereocenters. The molecule has 5 rings (SSSR count). The largest absolute Gasteiger partial charge is 0.616 e. The van der Waals surface area contributed by atoms with E-state index in [0.29, 0.717) is 30.2 Å². The van der Waals surface area contributed by atoms with Crippen molar-refractivity contribution in [2.45, 2.75) is 6.42 Å². The highest BCUT2D eigenvalue weighted by Gasteiger charge is 2.24. The Morgan fingerprint density at radius 2 is 1.85 bits per heavy atom. The number of thiophene rings is 1. The summed E-state index contributed by atoms with van der Waals surface area (Å²) < 4.78 is 12.8. The summed E-state index contributed by atoms with van der Waals surface area (Å²) in [6, 6.07) is 11.9. The third-order valence-electron chi connectivity index (χ3n) is 6.37. The average molecular weight is 515 g/mol. The minimum absolute atomic E-state index is 0.0131. The van der Waals surface area contributed by atoms with E-state index in [2.05, 4.69) is 39.5 Å². The molecular formula is C25H30N4O2S3. The van der Waals surface area contributed by atoms with Gasteiger partial charge >= 0.3 is 0 Å². The smallest absolute Gasteiger partial charge is 0.254 e. The molecular weight excluding hydrogens is 485 g/mol. The fraction of sp³-hybridized carbons (Fsp3) is 0.440. The second-order valence-electron chi connectivity index (χ2n) is 8.64. The minimum Gasteiger partial charge on any atom is -0.616 e. The van der Waals surface area contributed by atoms with E-state index in [1.807, 2.05) is 24.3 Å². The van der Waals surface area contributed by atoms with Crippen LogP contribution in [0.4, 0.5) is 5.69 Å². The van der Waals surface area contributed by atoms with Gasteiger partial charge in [0.15, 0.2) is 0 Å². The van der Waals surface area contributed by atoms with E-state index < -0.39 is 11.2 Å². The fourth-order valence-corrected chi connectivity index (χ4v) is 7.25. The third kappa shape index (κ3) is 5.71. The maximum absolute atomic E-state index is 12.8. The molecule has 180 valence electrons. The average Bonchev–Trinajstić information content (AvgIpc) is 3.36. The molecule has 34 heavy (non-hydrogen) atoms. The van der Waals surface area contributed by atoms with Crippen LogP contribution in [0.2, 0.25) is 0 Å². The topological polar surface area (TPSA) is 71.5 Å². The molecule has 0 bridgehead atoms. The third-order valence-corrected chi connectivity index (χ3v) is 9.53. The minimum atomic E-state index is -0.788. The van der Waals surface area contributed by atoms with Crippen molar-refractivity contribution in [2.24, 2.45) is 0 Å². The number of aromatic nitrogens is 1. The first-order valence-electron chi connectivity index (χ1n) is 11.8.